The Balaban J connectivity index is 1.54. The molecule has 2 aromatic rings. The first-order valence-corrected chi connectivity index (χ1v) is 10.2. The lowest BCUT2D eigenvalue weighted by molar-refractivity contribution is 0.0938. The number of methoxy groups -OCH3 is 1. The van der Waals surface area contributed by atoms with Gasteiger partial charge in [-0.05, 0) is 31.9 Å². The molecule has 2 fully saturated rings. The molecule has 31 heavy (non-hydrogen) atoms. The van der Waals surface area contributed by atoms with Gasteiger partial charge < -0.3 is 25.4 Å². The number of halogens is 2. The molecule has 10 heteroatoms. The highest BCUT2D eigenvalue weighted by Crippen LogP contribution is 2.50. The summed E-state index contributed by atoms with van der Waals surface area (Å²) >= 11 is 0. The third kappa shape index (κ3) is 4.53. The van der Waals surface area contributed by atoms with E-state index in [4.69, 9.17) is 4.74 Å². The van der Waals surface area contributed by atoms with Crippen LogP contribution in [0, 0.1) is 17.0 Å². The molecule has 1 aromatic heterocycles. The number of carbonyl (C=O) groups is 2. The van der Waals surface area contributed by atoms with Crippen molar-refractivity contribution < 1.29 is 27.8 Å². The number of ether oxygens (including phenoxy) is 2. The number of aromatic nitrogens is 1. The highest BCUT2D eigenvalue weighted by atomic mass is 19.1. The monoisotopic (exact) mass is 434 g/mol. The first kappa shape index (κ1) is 21.2. The van der Waals surface area contributed by atoms with Gasteiger partial charge >= 0.3 is 6.09 Å². The summed E-state index contributed by atoms with van der Waals surface area (Å²) in [6.07, 6.45) is 2.37. The molecular weight excluding hydrogens is 410 g/mol. The van der Waals surface area contributed by atoms with E-state index in [9.17, 15) is 18.4 Å². The van der Waals surface area contributed by atoms with Crippen LogP contribution in [0.1, 0.15) is 29.8 Å². The maximum atomic E-state index is 14.4. The largest absolute Gasteiger partial charge is 0.491 e. The van der Waals surface area contributed by atoms with Crippen molar-refractivity contribution in [3.8, 4) is 5.75 Å². The molecule has 1 aliphatic carbocycles. The molecule has 1 spiro atoms. The fraction of sp³-hybridized carbons (Fsp3) is 0.476. The maximum Gasteiger partial charge on any atom is 0.406 e. The van der Waals surface area contributed by atoms with Crippen LogP contribution in [-0.4, -0.2) is 56.4 Å². The SMILES string of the molecule is COC(=O)NCCOc1cc(C(=O)NC2CC23CCCNC3)nc2c(F)cc(F)cc12. The van der Waals surface area contributed by atoms with Crippen LogP contribution >= 0.6 is 0 Å². The Bertz CT molecular complexity index is 1010. The van der Waals surface area contributed by atoms with Gasteiger partial charge in [-0.3, -0.25) is 4.79 Å². The zero-order valence-corrected chi connectivity index (χ0v) is 17.1. The molecule has 3 N–H and O–H groups in total. The summed E-state index contributed by atoms with van der Waals surface area (Å²) in [5.41, 5.74) is -0.0903. The van der Waals surface area contributed by atoms with Crippen molar-refractivity contribution >= 4 is 22.9 Å². The molecule has 2 atom stereocenters. The summed E-state index contributed by atoms with van der Waals surface area (Å²) < 4.78 is 38.3. The second-order valence-electron chi connectivity index (χ2n) is 7.93. The van der Waals surface area contributed by atoms with E-state index in [1.54, 1.807) is 0 Å². The molecule has 2 aliphatic rings. The van der Waals surface area contributed by atoms with Gasteiger partial charge in [0.25, 0.3) is 5.91 Å². The molecule has 2 unspecified atom stereocenters. The molecule has 2 amide bonds. The molecule has 166 valence electrons. The first-order chi connectivity index (χ1) is 14.9. The lowest BCUT2D eigenvalue weighted by Crippen LogP contribution is -2.38. The van der Waals surface area contributed by atoms with Crippen LogP contribution in [0.25, 0.3) is 10.9 Å². The zero-order chi connectivity index (χ0) is 22.0. The number of rotatable bonds is 6. The number of amides is 2. The smallest absolute Gasteiger partial charge is 0.406 e. The van der Waals surface area contributed by atoms with Crippen LogP contribution in [0.2, 0.25) is 0 Å². The number of hydrogen-bond acceptors (Lipinski definition) is 6. The number of nitrogens with zero attached hydrogens (tertiary/aromatic N) is 1. The van der Waals surface area contributed by atoms with Gasteiger partial charge in [-0.15, -0.1) is 0 Å². The summed E-state index contributed by atoms with van der Waals surface area (Å²) in [6.45, 7) is 1.95. The minimum atomic E-state index is -0.887. The van der Waals surface area contributed by atoms with E-state index >= 15 is 0 Å². The number of hydrogen-bond donors (Lipinski definition) is 3. The Morgan fingerprint density at radius 3 is 2.90 bits per heavy atom. The van der Waals surface area contributed by atoms with E-state index in [2.05, 4.69) is 25.7 Å². The minimum Gasteiger partial charge on any atom is -0.491 e. The Labute approximate surface area is 177 Å². The summed E-state index contributed by atoms with van der Waals surface area (Å²) in [7, 11) is 1.23. The fourth-order valence-electron chi connectivity index (χ4n) is 4.09. The lowest BCUT2D eigenvalue weighted by atomic mass is 9.95. The number of pyridine rings is 1. The number of nitrogens with one attached hydrogen (secondary N) is 3. The summed E-state index contributed by atoms with van der Waals surface area (Å²) in [5, 5.41) is 8.88. The van der Waals surface area contributed by atoms with Crippen LogP contribution in [0.4, 0.5) is 13.6 Å². The van der Waals surface area contributed by atoms with Crippen molar-refractivity contribution in [1.82, 2.24) is 20.9 Å². The molecule has 0 bridgehead atoms. The number of alkyl carbamates (subject to hydrolysis) is 1. The van der Waals surface area contributed by atoms with Gasteiger partial charge in [0.1, 0.15) is 29.4 Å². The average molecular weight is 434 g/mol. The summed E-state index contributed by atoms with van der Waals surface area (Å²) in [5.74, 6) is -2.01. The second-order valence-corrected chi connectivity index (χ2v) is 7.93. The van der Waals surface area contributed by atoms with E-state index in [-0.39, 0.29) is 47.0 Å². The van der Waals surface area contributed by atoms with Gasteiger partial charge in [0.05, 0.1) is 13.7 Å². The van der Waals surface area contributed by atoms with Crippen molar-refractivity contribution in [2.75, 3.05) is 33.4 Å². The molecule has 4 rings (SSSR count). The molecule has 1 saturated heterocycles. The van der Waals surface area contributed by atoms with Crippen LogP contribution in [0.15, 0.2) is 18.2 Å². The van der Waals surface area contributed by atoms with E-state index in [1.165, 1.54) is 13.2 Å². The zero-order valence-electron chi connectivity index (χ0n) is 17.1. The highest BCUT2D eigenvalue weighted by molar-refractivity contribution is 5.97. The standard InChI is InChI=1S/C21H24F2N4O4/c1-30-20(29)25-5-6-31-16-9-15(26-18-13(16)7-12(22)8-14(18)23)19(28)27-17-10-21(17)3-2-4-24-11-21/h7-9,17,24H,2-6,10-11H2,1H3,(H,25,29)(H,27,28). The Morgan fingerprint density at radius 1 is 1.32 bits per heavy atom. The van der Waals surface area contributed by atoms with Gasteiger partial charge in [-0.2, -0.15) is 0 Å². The van der Waals surface area contributed by atoms with Gasteiger partial charge in [0.2, 0.25) is 0 Å². The molecular formula is C21H24F2N4O4. The first-order valence-electron chi connectivity index (χ1n) is 10.2. The Morgan fingerprint density at radius 2 is 2.16 bits per heavy atom. The minimum absolute atomic E-state index is 0.00477. The Hall–Kier alpha value is -3.01. The molecule has 0 radical (unpaired) electrons. The normalized spacial score (nSPS) is 22.2. The third-order valence-electron chi connectivity index (χ3n) is 5.84. The topological polar surface area (TPSA) is 102 Å². The van der Waals surface area contributed by atoms with Gasteiger partial charge in [0, 0.05) is 35.5 Å². The second kappa shape index (κ2) is 8.62. The van der Waals surface area contributed by atoms with Crippen LogP contribution in [0.5, 0.6) is 5.75 Å². The van der Waals surface area contributed by atoms with E-state index in [0.29, 0.717) is 6.07 Å². The number of piperidine rings is 1. The Kier molecular flexibility index (Phi) is 5.90. The van der Waals surface area contributed by atoms with Crippen molar-refractivity contribution in [2.45, 2.75) is 25.3 Å². The van der Waals surface area contributed by atoms with Crippen molar-refractivity contribution in [3.05, 3.63) is 35.5 Å². The summed E-state index contributed by atoms with van der Waals surface area (Å²) in [6, 6.07) is 3.21. The van der Waals surface area contributed by atoms with Crippen LogP contribution < -0.4 is 20.7 Å². The summed E-state index contributed by atoms with van der Waals surface area (Å²) in [4.78, 5) is 28.1. The van der Waals surface area contributed by atoms with Gasteiger partial charge in [0.15, 0.2) is 5.82 Å². The quantitative estimate of drug-likeness (QED) is 0.602. The predicted molar refractivity (Wildman–Crippen MR) is 108 cm³/mol. The fourth-order valence-corrected chi connectivity index (χ4v) is 4.09. The van der Waals surface area contributed by atoms with Crippen molar-refractivity contribution in [1.29, 1.82) is 0 Å². The van der Waals surface area contributed by atoms with Crippen molar-refractivity contribution in [2.24, 2.45) is 5.41 Å². The van der Waals surface area contributed by atoms with Gasteiger partial charge in [-0.25, -0.2) is 18.6 Å². The van der Waals surface area contributed by atoms with Crippen molar-refractivity contribution in [3.63, 3.8) is 0 Å². The molecule has 1 saturated carbocycles. The molecule has 2 heterocycles. The van der Waals surface area contributed by atoms with Crippen LogP contribution in [0.3, 0.4) is 0 Å². The maximum absolute atomic E-state index is 14.4. The average Bonchev–Trinajstić information content (AvgIpc) is 3.41. The number of benzene rings is 1. The number of fused-ring (bicyclic) bond motifs is 1. The molecule has 8 nitrogen and oxygen atoms in total. The molecule has 1 aliphatic heterocycles. The van der Waals surface area contributed by atoms with E-state index in [0.717, 1.165) is 38.4 Å². The number of carbonyl (C=O) groups excluding carboxylic acids is 2. The van der Waals surface area contributed by atoms with E-state index in [1.807, 2.05) is 0 Å². The third-order valence-corrected chi connectivity index (χ3v) is 5.84. The lowest BCUT2D eigenvalue weighted by Gasteiger charge is -2.23. The van der Waals surface area contributed by atoms with Crippen LogP contribution in [-0.2, 0) is 4.74 Å². The van der Waals surface area contributed by atoms with E-state index < -0.39 is 23.6 Å². The predicted octanol–water partition coefficient (Wildman–Crippen LogP) is 2.12. The van der Waals surface area contributed by atoms with Gasteiger partial charge in [-0.1, -0.05) is 0 Å². The highest BCUT2D eigenvalue weighted by Gasteiger charge is 2.54. The molecule has 1 aromatic carbocycles.